The fraction of sp³-hybridized carbons (Fsp3) is 0.462. The number of amides is 2. The summed E-state index contributed by atoms with van der Waals surface area (Å²) >= 11 is 5.89. The maximum atomic E-state index is 13.2. The molecular weight excluding hydrogens is 424 g/mol. The van der Waals surface area contributed by atoms with Gasteiger partial charge in [0.05, 0.1) is 6.61 Å². The van der Waals surface area contributed by atoms with Crippen molar-refractivity contribution in [2.24, 2.45) is 0 Å². The quantitative estimate of drug-likeness (QED) is 0.416. The molecule has 0 aliphatic heterocycles. The number of carbonyl (C=O) groups is 2. The molecule has 0 unspecified atom stereocenters. The first-order valence-electron chi connectivity index (χ1n) is 11.5. The van der Waals surface area contributed by atoms with E-state index in [9.17, 15) is 9.59 Å². The number of ether oxygens (including phenoxy) is 1. The summed E-state index contributed by atoms with van der Waals surface area (Å²) in [5.41, 5.74) is 1.15. The van der Waals surface area contributed by atoms with Gasteiger partial charge in [0.25, 0.3) is 0 Å². The Morgan fingerprint density at radius 1 is 1.03 bits per heavy atom. The summed E-state index contributed by atoms with van der Waals surface area (Å²) in [5.74, 6) is 0.620. The fourth-order valence-electron chi connectivity index (χ4n) is 3.42. The summed E-state index contributed by atoms with van der Waals surface area (Å²) in [6.07, 6.45) is 3.04. The van der Waals surface area contributed by atoms with Crippen molar-refractivity contribution in [3.63, 3.8) is 0 Å². The topological polar surface area (TPSA) is 58.6 Å². The van der Waals surface area contributed by atoms with Gasteiger partial charge in [-0.05, 0) is 62.4 Å². The lowest BCUT2D eigenvalue weighted by Gasteiger charge is -2.31. The Morgan fingerprint density at radius 3 is 2.34 bits per heavy atom. The highest BCUT2D eigenvalue weighted by Gasteiger charge is 2.28. The molecule has 2 aromatic carbocycles. The molecule has 0 heterocycles. The number of halogens is 1. The van der Waals surface area contributed by atoms with Crippen molar-refractivity contribution in [3.8, 4) is 5.75 Å². The van der Waals surface area contributed by atoms with Crippen LogP contribution in [-0.4, -0.2) is 41.9 Å². The van der Waals surface area contributed by atoms with Gasteiger partial charge in [-0.25, -0.2) is 0 Å². The fourth-order valence-corrected chi connectivity index (χ4v) is 3.55. The van der Waals surface area contributed by atoms with E-state index >= 15 is 0 Å². The molecule has 2 aromatic rings. The van der Waals surface area contributed by atoms with Crippen LogP contribution in [0.15, 0.2) is 54.6 Å². The molecule has 6 heteroatoms. The molecule has 174 valence electrons. The zero-order valence-electron chi connectivity index (χ0n) is 19.4. The molecule has 2 amide bonds. The number of nitrogens with one attached hydrogen (secondary N) is 1. The summed E-state index contributed by atoms with van der Waals surface area (Å²) in [5, 5.41) is 3.69. The molecule has 32 heavy (non-hydrogen) atoms. The molecule has 0 fully saturated rings. The van der Waals surface area contributed by atoms with E-state index in [0.717, 1.165) is 17.7 Å². The Labute approximate surface area is 197 Å². The summed E-state index contributed by atoms with van der Waals surface area (Å²) in [4.78, 5) is 27.8. The Morgan fingerprint density at radius 2 is 1.72 bits per heavy atom. The molecule has 0 saturated carbocycles. The molecule has 0 radical (unpaired) electrons. The first-order chi connectivity index (χ1) is 15.4. The Hall–Kier alpha value is -2.53. The van der Waals surface area contributed by atoms with Crippen LogP contribution in [0.4, 0.5) is 0 Å². The number of carbonyl (C=O) groups excluding carboxylic acids is 2. The van der Waals surface area contributed by atoms with Crippen molar-refractivity contribution < 1.29 is 14.3 Å². The molecule has 0 aromatic heterocycles. The molecule has 2 rings (SSSR count). The van der Waals surface area contributed by atoms with Gasteiger partial charge in [-0.2, -0.15) is 0 Å². The number of hydrogen-bond acceptors (Lipinski definition) is 3. The number of rotatable bonds is 13. The lowest BCUT2D eigenvalue weighted by Crippen LogP contribution is -2.51. The van der Waals surface area contributed by atoms with Gasteiger partial charge >= 0.3 is 0 Å². The summed E-state index contributed by atoms with van der Waals surface area (Å²) in [6, 6.07) is 16.8. The second-order valence-electron chi connectivity index (χ2n) is 7.97. The summed E-state index contributed by atoms with van der Waals surface area (Å²) in [6.45, 7) is 6.90. The highest BCUT2D eigenvalue weighted by atomic mass is 35.5. The predicted molar refractivity (Wildman–Crippen MR) is 130 cm³/mol. The van der Waals surface area contributed by atoms with E-state index in [1.165, 1.54) is 0 Å². The maximum Gasteiger partial charge on any atom is 0.243 e. The Bertz CT molecular complexity index is 827. The van der Waals surface area contributed by atoms with E-state index in [4.69, 9.17) is 16.3 Å². The highest BCUT2D eigenvalue weighted by Crippen LogP contribution is 2.16. The first-order valence-corrected chi connectivity index (χ1v) is 11.8. The third-order valence-electron chi connectivity index (χ3n) is 5.49. The average molecular weight is 459 g/mol. The van der Waals surface area contributed by atoms with Gasteiger partial charge in [0, 0.05) is 24.0 Å². The molecule has 2 atom stereocenters. The number of hydrogen-bond donors (Lipinski definition) is 1. The molecule has 0 bridgehead atoms. The minimum atomic E-state index is -0.475. The lowest BCUT2D eigenvalue weighted by molar-refractivity contribution is -0.141. The number of nitrogens with zero attached hydrogens (tertiary/aromatic N) is 1. The van der Waals surface area contributed by atoms with Gasteiger partial charge in [0.15, 0.2) is 0 Å². The normalized spacial score (nSPS) is 12.6. The third-order valence-corrected chi connectivity index (χ3v) is 5.74. The molecule has 0 spiro atoms. The first kappa shape index (κ1) is 25.7. The second kappa shape index (κ2) is 13.8. The van der Waals surface area contributed by atoms with E-state index < -0.39 is 6.04 Å². The van der Waals surface area contributed by atoms with Crippen LogP contribution in [-0.2, 0) is 16.0 Å². The van der Waals surface area contributed by atoms with Crippen molar-refractivity contribution in [3.05, 3.63) is 65.2 Å². The van der Waals surface area contributed by atoms with Crippen LogP contribution in [0.5, 0.6) is 5.75 Å². The Balaban J connectivity index is 1.99. The molecule has 0 aliphatic carbocycles. The summed E-state index contributed by atoms with van der Waals surface area (Å²) in [7, 11) is 0. The van der Waals surface area contributed by atoms with Crippen molar-refractivity contribution in [1.82, 2.24) is 10.2 Å². The van der Waals surface area contributed by atoms with Crippen molar-refractivity contribution >= 4 is 23.4 Å². The van der Waals surface area contributed by atoms with Crippen LogP contribution in [0.3, 0.4) is 0 Å². The maximum absolute atomic E-state index is 13.2. The monoisotopic (exact) mass is 458 g/mol. The summed E-state index contributed by atoms with van der Waals surface area (Å²) < 4.78 is 5.71. The molecular formula is C26H35ClN2O3. The van der Waals surface area contributed by atoms with Crippen LogP contribution in [0.25, 0.3) is 0 Å². The SMILES string of the molecule is CC[C@H](C)NC(=O)[C@H](CC)N(CCc1ccccc1)C(=O)CCCOc1ccc(Cl)cc1. The van der Waals surface area contributed by atoms with Crippen molar-refractivity contribution in [2.45, 2.75) is 65.0 Å². The van der Waals surface area contributed by atoms with Crippen LogP contribution >= 0.6 is 11.6 Å². The zero-order chi connectivity index (χ0) is 23.3. The van der Waals surface area contributed by atoms with E-state index in [-0.39, 0.29) is 17.9 Å². The molecule has 5 nitrogen and oxygen atoms in total. The highest BCUT2D eigenvalue weighted by molar-refractivity contribution is 6.30. The lowest BCUT2D eigenvalue weighted by atomic mass is 10.1. The van der Waals surface area contributed by atoms with Crippen LogP contribution in [0.1, 0.15) is 52.0 Å². The van der Waals surface area contributed by atoms with Gasteiger partial charge in [0.2, 0.25) is 11.8 Å². The minimum Gasteiger partial charge on any atom is -0.494 e. The van der Waals surface area contributed by atoms with Gasteiger partial charge in [0.1, 0.15) is 11.8 Å². The average Bonchev–Trinajstić information content (AvgIpc) is 2.80. The molecule has 0 aliphatic rings. The van der Waals surface area contributed by atoms with Crippen LogP contribution in [0.2, 0.25) is 5.02 Å². The van der Waals surface area contributed by atoms with E-state index in [0.29, 0.717) is 43.9 Å². The van der Waals surface area contributed by atoms with Gasteiger partial charge < -0.3 is 15.0 Å². The number of benzene rings is 2. The van der Waals surface area contributed by atoms with Gasteiger partial charge in [-0.15, -0.1) is 0 Å². The zero-order valence-corrected chi connectivity index (χ0v) is 20.1. The minimum absolute atomic E-state index is 0.0215. The molecule has 1 N–H and O–H groups in total. The van der Waals surface area contributed by atoms with Gasteiger partial charge in [-0.3, -0.25) is 9.59 Å². The predicted octanol–water partition coefficient (Wildman–Crippen LogP) is 5.26. The van der Waals surface area contributed by atoms with Crippen molar-refractivity contribution in [2.75, 3.05) is 13.2 Å². The smallest absolute Gasteiger partial charge is 0.243 e. The van der Waals surface area contributed by atoms with Crippen LogP contribution in [0, 0.1) is 0 Å². The van der Waals surface area contributed by atoms with Crippen LogP contribution < -0.4 is 10.1 Å². The van der Waals surface area contributed by atoms with Crippen molar-refractivity contribution in [1.29, 1.82) is 0 Å². The van der Waals surface area contributed by atoms with E-state index in [2.05, 4.69) is 5.32 Å². The second-order valence-corrected chi connectivity index (χ2v) is 8.41. The van der Waals surface area contributed by atoms with E-state index in [1.54, 1.807) is 17.0 Å². The third kappa shape index (κ3) is 8.54. The standard InChI is InChI=1S/C26H35ClN2O3/c1-4-20(3)28-26(31)24(5-2)29(18-17-21-10-7-6-8-11-21)25(30)12-9-19-32-23-15-13-22(27)14-16-23/h6-8,10-11,13-16,20,24H,4-5,9,12,17-19H2,1-3H3,(H,28,31)/t20-,24-/m0/s1. The largest absolute Gasteiger partial charge is 0.494 e. The van der Waals surface area contributed by atoms with E-state index in [1.807, 2.05) is 63.2 Å². The molecule has 0 saturated heterocycles. The van der Waals surface area contributed by atoms with Gasteiger partial charge in [-0.1, -0.05) is 55.8 Å². The Kier molecular flexibility index (Phi) is 11.1.